The van der Waals surface area contributed by atoms with Crippen LogP contribution in [0.15, 0.2) is 12.1 Å². The molecule has 121 valence electrons. The van der Waals surface area contributed by atoms with Crippen LogP contribution in [0.4, 0.5) is 5.69 Å². The Balaban J connectivity index is 0.00000264. The minimum absolute atomic E-state index is 0. The van der Waals surface area contributed by atoms with Crippen LogP contribution in [0.25, 0.3) is 0 Å². The van der Waals surface area contributed by atoms with E-state index in [1.165, 1.54) is 19.3 Å². The van der Waals surface area contributed by atoms with Crippen LogP contribution in [0.1, 0.15) is 42.9 Å². The van der Waals surface area contributed by atoms with Gasteiger partial charge >= 0.3 is 0 Å². The number of nitriles is 1. The summed E-state index contributed by atoms with van der Waals surface area (Å²) in [4.78, 5) is 12.5. The standard InChI is InChI=1S/C18H25N3O.Y/c1-4-21(8-6-5-7-9-21)13-17(22)20-18-14(2)10-16(12-19)11-15(18)3;/h10-11H,4-9,13H2,1-3H3;/p+1. The maximum absolute atomic E-state index is 12.5. The van der Waals surface area contributed by atoms with Gasteiger partial charge in [-0.05, 0) is 63.3 Å². The van der Waals surface area contributed by atoms with Crippen molar-refractivity contribution in [3.63, 3.8) is 0 Å². The number of piperidine rings is 1. The van der Waals surface area contributed by atoms with Crippen LogP contribution in [0.2, 0.25) is 0 Å². The quantitative estimate of drug-likeness (QED) is 0.805. The predicted molar refractivity (Wildman–Crippen MR) is 88.5 cm³/mol. The fraction of sp³-hybridized carbons (Fsp3) is 0.556. The van der Waals surface area contributed by atoms with Crippen molar-refractivity contribution in [2.24, 2.45) is 0 Å². The largest absolute Gasteiger partial charge is 0.321 e. The Kier molecular flexibility index (Phi) is 7.87. The Labute approximate surface area is 164 Å². The van der Waals surface area contributed by atoms with Crippen molar-refractivity contribution in [1.29, 1.82) is 5.26 Å². The van der Waals surface area contributed by atoms with Crippen LogP contribution in [0, 0.1) is 25.2 Å². The first-order valence-electron chi connectivity index (χ1n) is 8.16. The minimum Gasteiger partial charge on any atom is -0.321 e. The van der Waals surface area contributed by atoms with E-state index in [2.05, 4.69) is 18.3 Å². The number of hydrogen-bond donors (Lipinski definition) is 1. The van der Waals surface area contributed by atoms with Gasteiger partial charge in [-0.15, -0.1) is 0 Å². The summed E-state index contributed by atoms with van der Waals surface area (Å²) < 4.78 is 0.903. The molecule has 5 heteroatoms. The Bertz CT molecular complexity index is 578. The van der Waals surface area contributed by atoms with Crippen molar-refractivity contribution in [2.75, 3.05) is 31.5 Å². The molecule has 0 spiro atoms. The monoisotopic (exact) mass is 389 g/mol. The Hall–Kier alpha value is -0.756. The van der Waals surface area contributed by atoms with Gasteiger partial charge in [0.1, 0.15) is 0 Å². The third kappa shape index (κ3) is 5.11. The van der Waals surface area contributed by atoms with Crippen LogP contribution < -0.4 is 5.32 Å². The zero-order chi connectivity index (χ0) is 16.2. The molecule has 1 aromatic rings. The molecule has 1 amide bonds. The first-order chi connectivity index (χ1) is 10.5. The topological polar surface area (TPSA) is 52.9 Å². The van der Waals surface area contributed by atoms with E-state index in [0.717, 1.165) is 40.9 Å². The van der Waals surface area contributed by atoms with E-state index in [-0.39, 0.29) is 38.6 Å². The predicted octanol–water partition coefficient (Wildman–Crippen LogP) is 3.13. The number of nitrogens with zero attached hydrogens (tertiary/aromatic N) is 2. The molecule has 23 heavy (non-hydrogen) atoms. The number of hydrogen-bond acceptors (Lipinski definition) is 2. The number of rotatable bonds is 4. The molecular weight excluding hydrogens is 363 g/mol. The van der Waals surface area contributed by atoms with E-state index in [9.17, 15) is 4.79 Å². The second-order valence-corrected chi connectivity index (χ2v) is 6.47. The number of likely N-dealkylation sites (N-methyl/N-ethyl adjacent to an activating group) is 1. The number of aryl methyl sites for hydroxylation is 2. The second-order valence-electron chi connectivity index (χ2n) is 6.47. The van der Waals surface area contributed by atoms with Crippen LogP contribution in [0.5, 0.6) is 0 Å². The van der Waals surface area contributed by atoms with Crippen molar-refractivity contribution in [2.45, 2.75) is 40.0 Å². The van der Waals surface area contributed by atoms with Crippen LogP contribution >= 0.6 is 0 Å². The molecule has 1 radical (unpaired) electrons. The third-order valence-electron chi connectivity index (χ3n) is 4.84. The molecular formula is C18H26N3OY+. The van der Waals surface area contributed by atoms with Gasteiger partial charge < -0.3 is 9.80 Å². The molecule has 1 aliphatic heterocycles. The zero-order valence-electron chi connectivity index (χ0n) is 14.5. The van der Waals surface area contributed by atoms with E-state index in [0.29, 0.717) is 12.1 Å². The fourth-order valence-electron chi connectivity index (χ4n) is 3.48. The minimum atomic E-state index is 0. The van der Waals surface area contributed by atoms with E-state index >= 15 is 0 Å². The number of likely N-dealkylation sites (tertiary alicyclic amines) is 1. The normalized spacial score (nSPS) is 16.1. The molecule has 0 bridgehead atoms. The number of nitrogens with one attached hydrogen (secondary N) is 1. The van der Waals surface area contributed by atoms with Crippen LogP contribution in [-0.4, -0.2) is 36.6 Å². The molecule has 1 fully saturated rings. The van der Waals surface area contributed by atoms with Gasteiger partial charge in [-0.1, -0.05) is 0 Å². The summed E-state index contributed by atoms with van der Waals surface area (Å²) in [5.41, 5.74) is 3.40. The van der Waals surface area contributed by atoms with Crippen molar-refractivity contribution < 1.29 is 42.0 Å². The van der Waals surface area contributed by atoms with Gasteiger partial charge in [0.15, 0.2) is 6.54 Å². The summed E-state index contributed by atoms with van der Waals surface area (Å²) in [7, 11) is 0. The van der Waals surface area contributed by atoms with Crippen molar-refractivity contribution in [3.8, 4) is 6.07 Å². The van der Waals surface area contributed by atoms with E-state index in [4.69, 9.17) is 5.26 Å². The molecule has 0 aliphatic carbocycles. The Morgan fingerprint density at radius 1 is 1.22 bits per heavy atom. The molecule has 1 aliphatic rings. The molecule has 1 saturated heterocycles. The smallest absolute Gasteiger partial charge is 0.279 e. The molecule has 0 saturated carbocycles. The second kappa shape index (κ2) is 8.92. The van der Waals surface area contributed by atoms with E-state index < -0.39 is 0 Å². The molecule has 4 nitrogen and oxygen atoms in total. The van der Waals surface area contributed by atoms with Crippen molar-refractivity contribution >= 4 is 11.6 Å². The van der Waals surface area contributed by atoms with Crippen LogP contribution in [-0.2, 0) is 37.5 Å². The summed E-state index contributed by atoms with van der Waals surface area (Å²) in [5, 5.41) is 12.1. The van der Waals surface area contributed by atoms with E-state index in [1.807, 2.05) is 26.0 Å². The number of amides is 1. The number of anilines is 1. The van der Waals surface area contributed by atoms with Gasteiger partial charge in [0.05, 0.1) is 31.3 Å². The van der Waals surface area contributed by atoms with Gasteiger partial charge in [-0.3, -0.25) is 4.79 Å². The first kappa shape index (κ1) is 20.3. The average molecular weight is 389 g/mol. The fourth-order valence-corrected chi connectivity index (χ4v) is 3.48. The maximum Gasteiger partial charge on any atom is 0.279 e. The summed E-state index contributed by atoms with van der Waals surface area (Å²) in [6.45, 7) is 9.83. The molecule has 1 aromatic carbocycles. The summed E-state index contributed by atoms with van der Waals surface area (Å²) in [6.07, 6.45) is 3.72. The van der Waals surface area contributed by atoms with Crippen LogP contribution in [0.3, 0.4) is 0 Å². The van der Waals surface area contributed by atoms with Gasteiger partial charge in [0.2, 0.25) is 0 Å². The summed E-state index contributed by atoms with van der Waals surface area (Å²) in [5.74, 6) is 0.0830. The SMILES string of the molecule is CC[N+]1(CC(=O)Nc2c(C)cc(C#N)cc2C)CCCCC1.[Y]. The molecule has 0 unspecified atom stereocenters. The number of benzene rings is 1. The number of carbonyl (C=O) groups is 1. The Morgan fingerprint density at radius 2 is 1.78 bits per heavy atom. The van der Waals surface area contributed by atoms with Crippen molar-refractivity contribution in [3.05, 3.63) is 28.8 Å². The van der Waals surface area contributed by atoms with E-state index in [1.54, 1.807) is 0 Å². The van der Waals surface area contributed by atoms with Crippen molar-refractivity contribution in [1.82, 2.24) is 0 Å². The molecule has 2 rings (SSSR count). The van der Waals surface area contributed by atoms with Gasteiger partial charge in [0.25, 0.3) is 5.91 Å². The molecule has 0 atom stereocenters. The molecule has 0 aromatic heterocycles. The maximum atomic E-state index is 12.5. The summed E-state index contributed by atoms with van der Waals surface area (Å²) >= 11 is 0. The number of quaternary nitrogens is 1. The van der Waals surface area contributed by atoms with Gasteiger partial charge in [-0.25, -0.2) is 0 Å². The zero-order valence-corrected chi connectivity index (χ0v) is 17.3. The Morgan fingerprint density at radius 3 is 2.26 bits per heavy atom. The first-order valence-corrected chi connectivity index (χ1v) is 8.16. The van der Waals surface area contributed by atoms with Gasteiger partial charge in [0, 0.05) is 38.4 Å². The molecule has 1 heterocycles. The molecule has 1 N–H and O–H groups in total. The van der Waals surface area contributed by atoms with Gasteiger partial charge in [-0.2, -0.15) is 5.26 Å². The summed E-state index contributed by atoms with van der Waals surface area (Å²) in [6, 6.07) is 5.81. The average Bonchev–Trinajstić information content (AvgIpc) is 2.51. The third-order valence-corrected chi connectivity index (χ3v) is 4.84. The number of carbonyl (C=O) groups excluding carboxylic acids is 1.